The van der Waals surface area contributed by atoms with Gasteiger partial charge in [0.25, 0.3) is 0 Å². The molecule has 0 bridgehead atoms. The standard InChI is InChI=1S/C51H93O13P/c1-3-5-7-9-11-13-15-17-19-21-22-24-25-27-29-31-33-35-37-39-44(52)61-41-43(42-62-65(59,60)64-51-49(57)47(55)46(54)48(56)50(51)58)63-45(53)40-38-36-34-32-30-28-26-23-20-18-16-14-12-10-8-6-4-2/h12,14,18,20,26,28,43,46-51,54-58H,3-11,13,15-17,19,21-25,27,29-42H2,1-2H3,(H,59,60)/b14-12+,20-18+,28-26+/t43-,46?,47-,48?,49?,50?,51?/m0/s1. The van der Waals surface area contributed by atoms with Crippen LogP contribution in [0, 0.1) is 0 Å². The number of ether oxygens (including phenoxy) is 2. The summed E-state index contributed by atoms with van der Waals surface area (Å²) in [5.74, 6) is -1.12. The second kappa shape index (κ2) is 41.1. The van der Waals surface area contributed by atoms with Crippen molar-refractivity contribution in [3.63, 3.8) is 0 Å². The van der Waals surface area contributed by atoms with E-state index in [4.69, 9.17) is 18.5 Å². The topological polar surface area (TPSA) is 210 Å². The van der Waals surface area contributed by atoms with Crippen LogP contribution in [0.1, 0.15) is 219 Å². The Morgan fingerprint density at radius 1 is 0.477 bits per heavy atom. The normalized spacial score (nSPS) is 21.7. The highest BCUT2D eigenvalue weighted by atomic mass is 31.2. The zero-order valence-corrected chi connectivity index (χ0v) is 41.4. The Labute approximate surface area is 393 Å². The van der Waals surface area contributed by atoms with Crippen molar-refractivity contribution < 1.29 is 63.1 Å². The van der Waals surface area contributed by atoms with E-state index in [0.29, 0.717) is 12.8 Å². The van der Waals surface area contributed by atoms with Crippen LogP contribution in [0.25, 0.3) is 0 Å². The Balaban J connectivity index is 2.41. The number of aliphatic hydroxyl groups is 5. The van der Waals surface area contributed by atoms with Gasteiger partial charge in [0.05, 0.1) is 6.61 Å². The first-order valence-electron chi connectivity index (χ1n) is 25.8. The van der Waals surface area contributed by atoms with E-state index in [1.807, 2.05) is 0 Å². The summed E-state index contributed by atoms with van der Waals surface area (Å²) in [4.78, 5) is 35.8. The molecule has 13 nitrogen and oxygen atoms in total. The Bertz CT molecular complexity index is 1280. The third-order valence-electron chi connectivity index (χ3n) is 12.0. The number of esters is 2. The van der Waals surface area contributed by atoms with E-state index >= 15 is 0 Å². The van der Waals surface area contributed by atoms with Crippen molar-refractivity contribution in [2.75, 3.05) is 13.2 Å². The zero-order chi connectivity index (χ0) is 47.8. The second-order valence-corrected chi connectivity index (χ2v) is 19.4. The molecular formula is C51H93O13P. The molecule has 65 heavy (non-hydrogen) atoms. The predicted molar refractivity (Wildman–Crippen MR) is 258 cm³/mol. The molecule has 0 saturated heterocycles. The Hall–Kier alpha value is -1.93. The van der Waals surface area contributed by atoms with Crippen LogP contribution >= 0.6 is 7.82 Å². The van der Waals surface area contributed by atoms with E-state index in [1.165, 1.54) is 116 Å². The summed E-state index contributed by atoms with van der Waals surface area (Å²) in [5, 5.41) is 50.2. The molecule has 0 amide bonds. The summed E-state index contributed by atoms with van der Waals surface area (Å²) >= 11 is 0. The molecular weight excluding hydrogens is 852 g/mol. The maximum Gasteiger partial charge on any atom is 0.472 e. The molecule has 6 unspecified atom stereocenters. The van der Waals surface area contributed by atoms with Crippen molar-refractivity contribution in [1.29, 1.82) is 0 Å². The fourth-order valence-electron chi connectivity index (χ4n) is 7.82. The molecule has 1 fully saturated rings. The van der Waals surface area contributed by atoms with Crippen LogP contribution in [0.5, 0.6) is 0 Å². The third kappa shape index (κ3) is 33.3. The van der Waals surface area contributed by atoms with Crippen molar-refractivity contribution in [3.8, 4) is 0 Å². The first-order valence-corrected chi connectivity index (χ1v) is 27.3. The predicted octanol–water partition coefficient (Wildman–Crippen LogP) is 11.0. The summed E-state index contributed by atoms with van der Waals surface area (Å²) in [7, 11) is -5.13. The number of unbranched alkanes of at least 4 members (excludes halogenated alkanes) is 25. The molecule has 1 aliphatic rings. The number of allylic oxidation sites excluding steroid dienone is 6. The van der Waals surface area contributed by atoms with E-state index in [1.54, 1.807) is 0 Å². The Kier molecular flexibility index (Phi) is 38.6. The average molecular weight is 945 g/mol. The maximum absolute atomic E-state index is 12.8. The number of aliphatic hydroxyl groups excluding tert-OH is 5. The average Bonchev–Trinajstić information content (AvgIpc) is 3.29. The van der Waals surface area contributed by atoms with Crippen molar-refractivity contribution in [3.05, 3.63) is 36.5 Å². The molecule has 1 saturated carbocycles. The van der Waals surface area contributed by atoms with Gasteiger partial charge in [-0.2, -0.15) is 0 Å². The molecule has 8 atom stereocenters. The molecule has 380 valence electrons. The van der Waals surface area contributed by atoms with Gasteiger partial charge in [0.1, 0.15) is 43.2 Å². The number of phosphoric ester groups is 1. The van der Waals surface area contributed by atoms with E-state index < -0.39 is 75.7 Å². The first-order chi connectivity index (χ1) is 31.4. The lowest BCUT2D eigenvalue weighted by molar-refractivity contribution is -0.220. The van der Waals surface area contributed by atoms with Gasteiger partial charge < -0.3 is 39.9 Å². The van der Waals surface area contributed by atoms with Crippen LogP contribution in [0.3, 0.4) is 0 Å². The number of carbonyl (C=O) groups is 2. The van der Waals surface area contributed by atoms with Crippen molar-refractivity contribution in [2.24, 2.45) is 0 Å². The quantitative estimate of drug-likeness (QED) is 0.0146. The molecule has 6 N–H and O–H groups in total. The summed E-state index contributed by atoms with van der Waals surface area (Å²) in [5.41, 5.74) is 0. The highest BCUT2D eigenvalue weighted by Gasteiger charge is 2.51. The molecule has 0 aromatic rings. The van der Waals surface area contributed by atoms with Crippen LogP contribution in [-0.2, 0) is 32.7 Å². The van der Waals surface area contributed by atoms with Gasteiger partial charge in [-0.3, -0.25) is 18.6 Å². The fourth-order valence-corrected chi connectivity index (χ4v) is 8.80. The number of phosphoric acid groups is 1. The molecule has 1 aliphatic carbocycles. The second-order valence-electron chi connectivity index (χ2n) is 18.0. The minimum atomic E-state index is -5.13. The van der Waals surface area contributed by atoms with Crippen LogP contribution in [-0.4, -0.2) is 98.3 Å². The molecule has 0 heterocycles. The van der Waals surface area contributed by atoms with Crippen LogP contribution in [0.2, 0.25) is 0 Å². The van der Waals surface area contributed by atoms with E-state index in [2.05, 4.69) is 50.3 Å². The number of rotatable bonds is 43. The first kappa shape index (κ1) is 61.1. The van der Waals surface area contributed by atoms with Crippen molar-refractivity contribution >= 4 is 19.8 Å². The molecule has 0 aromatic heterocycles. The zero-order valence-electron chi connectivity index (χ0n) is 40.5. The van der Waals surface area contributed by atoms with E-state index in [-0.39, 0.29) is 12.8 Å². The van der Waals surface area contributed by atoms with Gasteiger partial charge in [0.2, 0.25) is 0 Å². The SMILES string of the molecule is CCCCC/C=C/C/C=C/C/C=C/CCCCCCC(=O)O[C@@H](COC(=O)CCCCCCCCCCCCCCCCCCCCC)COP(=O)(O)OC1C(O)C(O)C(O)[C@H](O)C1O. The molecule has 0 aliphatic heterocycles. The number of hydrogen-bond acceptors (Lipinski definition) is 12. The van der Waals surface area contributed by atoms with Gasteiger partial charge in [0, 0.05) is 12.8 Å². The smallest absolute Gasteiger partial charge is 0.462 e. The summed E-state index contributed by atoms with van der Waals surface area (Å²) in [6, 6.07) is 0. The summed E-state index contributed by atoms with van der Waals surface area (Å²) in [6.45, 7) is 3.28. The molecule has 1 rings (SSSR count). The molecule has 0 aromatic carbocycles. The Morgan fingerprint density at radius 2 is 0.831 bits per heavy atom. The molecule has 0 spiro atoms. The molecule has 14 heteroatoms. The van der Waals surface area contributed by atoms with E-state index in [0.717, 1.165) is 64.2 Å². The highest BCUT2D eigenvalue weighted by molar-refractivity contribution is 7.47. The van der Waals surface area contributed by atoms with Gasteiger partial charge >= 0.3 is 19.8 Å². The van der Waals surface area contributed by atoms with Crippen molar-refractivity contribution in [2.45, 2.75) is 262 Å². The monoisotopic (exact) mass is 945 g/mol. The maximum atomic E-state index is 12.8. The highest BCUT2D eigenvalue weighted by Crippen LogP contribution is 2.47. The summed E-state index contributed by atoms with van der Waals surface area (Å²) in [6.07, 6.45) is 34.7. The lowest BCUT2D eigenvalue weighted by atomic mass is 9.85. The fraction of sp³-hybridized carbons (Fsp3) is 0.843. The molecule has 0 radical (unpaired) electrons. The Morgan fingerprint density at radius 3 is 1.29 bits per heavy atom. The van der Waals surface area contributed by atoms with Gasteiger partial charge in [-0.1, -0.05) is 192 Å². The van der Waals surface area contributed by atoms with Gasteiger partial charge in [0.15, 0.2) is 6.10 Å². The van der Waals surface area contributed by atoms with Crippen LogP contribution < -0.4 is 0 Å². The van der Waals surface area contributed by atoms with Gasteiger partial charge in [-0.05, 0) is 51.4 Å². The van der Waals surface area contributed by atoms with Crippen LogP contribution in [0.15, 0.2) is 36.5 Å². The lowest BCUT2D eigenvalue weighted by Gasteiger charge is -2.41. The number of hydrogen-bond donors (Lipinski definition) is 6. The minimum absolute atomic E-state index is 0.0728. The summed E-state index contributed by atoms with van der Waals surface area (Å²) < 4.78 is 33.6. The lowest BCUT2D eigenvalue weighted by Crippen LogP contribution is -2.64. The van der Waals surface area contributed by atoms with Gasteiger partial charge in [-0.15, -0.1) is 0 Å². The largest absolute Gasteiger partial charge is 0.472 e. The van der Waals surface area contributed by atoms with E-state index in [9.17, 15) is 44.6 Å². The third-order valence-corrected chi connectivity index (χ3v) is 13.0. The van der Waals surface area contributed by atoms with Gasteiger partial charge in [-0.25, -0.2) is 4.57 Å². The van der Waals surface area contributed by atoms with Crippen LogP contribution in [0.4, 0.5) is 0 Å². The minimum Gasteiger partial charge on any atom is -0.462 e. The van der Waals surface area contributed by atoms with Crippen molar-refractivity contribution in [1.82, 2.24) is 0 Å². The number of carbonyl (C=O) groups excluding carboxylic acids is 2.